The molecule has 0 aliphatic carbocycles. The lowest BCUT2D eigenvalue weighted by atomic mass is 10.1. The van der Waals surface area contributed by atoms with E-state index in [1.54, 1.807) is 6.33 Å². The first kappa shape index (κ1) is 10.7. The normalized spacial score (nSPS) is 10.4. The number of benzene rings is 1. The molecule has 0 aliphatic heterocycles. The second kappa shape index (κ2) is 4.39. The highest BCUT2D eigenvalue weighted by Gasteiger charge is 2.02. The molecule has 2 aromatic rings. The number of aryl methyl sites for hydroxylation is 3. The minimum absolute atomic E-state index is 0.556. The second-order valence-electron chi connectivity index (χ2n) is 4.05. The number of hydrogen-bond acceptors (Lipinski definition) is 2. The molecular weight excluding hydrogens is 200 g/mol. The summed E-state index contributed by atoms with van der Waals surface area (Å²) in [5.41, 5.74) is 3.44. The maximum absolute atomic E-state index is 5.78. The Morgan fingerprint density at radius 1 is 1.31 bits per heavy atom. The second-order valence-corrected chi connectivity index (χ2v) is 4.05. The van der Waals surface area contributed by atoms with Crippen LogP contribution in [0.1, 0.15) is 16.8 Å². The van der Waals surface area contributed by atoms with E-state index in [0.717, 1.165) is 17.0 Å². The van der Waals surface area contributed by atoms with Gasteiger partial charge in [0.2, 0.25) is 0 Å². The first-order valence-electron chi connectivity index (χ1n) is 5.32. The Morgan fingerprint density at radius 3 is 2.81 bits per heavy atom. The van der Waals surface area contributed by atoms with Crippen molar-refractivity contribution in [2.24, 2.45) is 7.05 Å². The molecule has 0 bridgehead atoms. The predicted molar refractivity (Wildman–Crippen MR) is 63.5 cm³/mol. The van der Waals surface area contributed by atoms with Gasteiger partial charge in [0.1, 0.15) is 12.4 Å². The Hall–Kier alpha value is -1.77. The van der Waals surface area contributed by atoms with Crippen LogP contribution < -0.4 is 4.74 Å². The summed E-state index contributed by atoms with van der Waals surface area (Å²) >= 11 is 0. The lowest BCUT2D eigenvalue weighted by molar-refractivity contribution is 0.295. The van der Waals surface area contributed by atoms with E-state index in [1.165, 1.54) is 5.56 Å². The van der Waals surface area contributed by atoms with Gasteiger partial charge < -0.3 is 9.30 Å². The van der Waals surface area contributed by atoms with Crippen molar-refractivity contribution >= 4 is 0 Å². The van der Waals surface area contributed by atoms with Gasteiger partial charge in [-0.15, -0.1) is 0 Å². The predicted octanol–water partition coefficient (Wildman–Crippen LogP) is 2.62. The van der Waals surface area contributed by atoms with Crippen LogP contribution in [0.3, 0.4) is 0 Å². The highest BCUT2D eigenvalue weighted by Crippen LogP contribution is 2.20. The average molecular weight is 216 g/mol. The largest absolute Gasteiger partial charge is 0.487 e. The fraction of sp³-hybridized carbons (Fsp3) is 0.308. The molecule has 0 amide bonds. The molecule has 1 heterocycles. The highest BCUT2D eigenvalue weighted by molar-refractivity contribution is 5.36. The third kappa shape index (κ3) is 2.24. The van der Waals surface area contributed by atoms with E-state index in [-0.39, 0.29) is 0 Å². The molecule has 0 N–H and O–H groups in total. The highest BCUT2D eigenvalue weighted by atomic mass is 16.5. The molecule has 84 valence electrons. The summed E-state index contributed by atoms with van der Waals surface area (Å²) in [7, 11) is 1.97. The minimum Gasteiger partial charge on any atom is -0.487 e. The molecule has 0 aliphatic rings. The van der Waals surface area contributed by atoms with Crippen LogP contribution in [0, 0.1) is 13.8 Å². The Labute approximate surface area is 95.7 Å². The van der Waals surface area contributed by atoms with Gasteiger partial charge in [-0.25, -0.2) is 4.98 Å². The number of ether oxygens (including phenoxy) is 1. The molecule has 0 saturated heterocycles. The van der Waals surface area contributed by atoms with Crippen molar-refractivity contribution in [1.82, 2.24) is 9.55 Å². The van der Waals surface area contributed by atoms with Crippen molar-refractivity contribution in [3.63, 3.8) is 0 Å². The summed E-state index contributed by atoms with van der Waals surface area (Å²) < 4.78 is 7.75. The van der Waals surface area contributed by atoms with E-state index in [9.17, 15) is 0 Å². The Bertz CT molecular complexity index is 488. The molecule has 3 heteroatoms. The van der Waals surface area contributed by atoms with Crippen LogP contribution in [0.5, 0.6) is 5.75 Å². The van der Waals surface area contributed by atoms with Crippen molar-refractivity contribution in [2.75, 3.05) is 0 Å². The smallest absolute Gasteiger partial charge is 0.130 e. The Balaban J connectivity index is 2.10. The zero-order chi connectivity index (χ0) is 11.5. The van der Waals surface area contributed by atoms with E-state index >= 15 is 0 Å². The Morgan fingerprint density at radius 2 is 2.12 bits per heavy atom. The van der Waals surface area contributed by atoms with E-state index in [1.807, 2.05) is 17.8 Å². The summed E-state index contributed by atoms with van der Waals surface area (Å²) in [6.45, 7) is 4.68. The van der Waals surface area contributed by atoms with Crippen molar-refractivity contribution in [3.8, 4) is 5.75 Å². The van der Waals surface area contributed by atoms with Gasteiger partial charge in [-0.3, -0.25) is 0 Å². The molecule has 0 spiro atoms. The number of imidazole rings is 1. The van der Waals surface area contributed by atoms with Crippen molar-refractivity contribution < 1.29 is 4.74 Å². The molecule has 0 saturated carbocycles. The fourth-order valence-electron chi connectivity index (χ4n) is 1.54. The zero-order valence-electron chi connectivity index (χ0n) is 9.90. The first-order chi connectivity index (χ1) is 7.66. The summed E-state index contributed by atoms with van der Waals surface area (Å²) in [5, 5.41) is 0. The summed E-state index contributed by atoms with van der Waals surface area (Å²) in [4.78, 5) is 4.06. The van der Waals surface area contributed by atoms with Gasteiger partial charge in [0.25, 0.3) is 0 Å². The van der Waals surface area contributed by atoms with Crippen LogP contribution in [0.25, 0.3) is 0 Å². The maximum Gasteiger partial charge on any atom is 0.130 e. The van der Waals surface area contributed by atoms with Crippen LogP contribution in [0.15, 0.2) is 30.7 Å². The van der Waals surface area contributed by atoms with E-state index in [2.05, 4.69) is 37.0 Å². The zero-order valence-corrected chi connectivity index (χ0v) is 9.90. The molecular formula is C13H16N2O. The van der Waals surface area contributed by atoms with Crippen LogP contribution in [0.4, 0.5) is 0 Å². The number of nitrogens with zero attached hydrogens (tertiary/aromatic N) is 2. The molecule has 0 unspecified atom stereocenters. The average Bonchev–Trinajstić information content (AvgIpc) is 2.66. The monoisotopic (exact) mass is 216 g/mol. The van der Waals surface area contributed by atoms with Crippen molar-refractivity contribution in [3.05, 3.63) is 47.5 Å². The molecule has 3 nitrogen and oxygen atoms in total. The third-order valence-electron chi connectivity index (χ3n) is 2.64. The molecule has 16 heavy (non-hydrogen) atoms. The summed E-state index contributed by atoms with van der Waals surface area (Å²) in [6.07, 6.45) is 3.60. The number of aromatic nitrogens is 2. The van der Waals surface area contributed by atoms with Gasteiger partial charge in [-0.1, -0.05) is 12.1 Å². The maximum atomic E-state index is 5.78. The first-order valence-corrected chi connectivity index (χ1v) is 5.32. The molecule has 0 radical (unpaired) electrons. The van der Waals surface area contributed by atoms with E-state index in [0.29, 0.717) is 6.61 Å². The van der Waals surface area contributed by atoms with Crippen LogP contribution in [0.2, 0.25) is 0 Å². The lowest BCUT2D eigenvalue weighted by Crippen LogP contribution is -2.02. The van der Waals surface area contributed by atoms with E-state index in [4.69, 9.17) is 4.74 Å². The quantitative estimate of drug-likeness (QED) is 0.788. The SMILES string of the molecule is Cc1ccc(C)c(OCc2cncn2C)c1. The molecule has 1 aromatic carbocycles. The third-order valence-corrected chi connectivity index (χ3v) is 2.64. The van der Waals surface area contributed by atoms with Crippen molar-refractivity contribution in [2.45, 2.75) is 20.5 Å². The lowest BCUT2D eigenvalue weighted by Gasteiger charge is -2.10. The van der Waals surface area contributed by atoms with E-state index < -0.39 is 0 Å². The van der Waals surface area contributed by atoms with Crippen LogP contribution >= 0.6 is 0 Å². The van der Waals surface area contributed by atoms with Gasteiger partial charge in [0.15, 0.2) is 0 Å². The van der Waals surface area contributed by atoms with Crippen LogP contribution in [-0.2, 0) is 13.7 Å². The Kier molecular flexibility index (Phi) is 2.95. The number of hydrogen-bond donors (Lipinski definition) is 0. The van der Waals surface area contributed by atoms with Gasteiger partial charge in [0, 0.05) is 7.05 Å². The molecule has 2 rings (SSSR count). The van der Waals surface area contributed by atoms with Gasteiger partial charge >= 0.3 is 0 Å². The minimum atomic E-state index is 0.556. The topological polar surface area (TPSA) is 27.1 Å². The summed E-state index contributed by atoms with van der Waals surface area (Å²) in [5.74, 6) is 0.946. The van der Waals surface area contributed by atoms with Gasteiger partial charge in [-0.2, -0.15) is 0 Å². The summed E-state index contributed by atoms with van der Waals surface area (Å²) in [6, 6.07) is 6.23. The molecule has 0 atom stereocenters. The van der Waals surface area contributed by atoms with Crippen LogP contribution in [-0.4, -0.2) is 9.55 Å². The molecule has 0 fully saturated rings. The van der Waals surface area contributed by atoms with Crippen molar-refractivity contribution in [1.29, 1.82) is 0 Å². The van der Waals surface area contributed by atoms with Gasteiger partial charge in [0.05, 0.1) is 18.2 Å². The fourth-order valence-corrected chi connectivity index (χ4v) is 1.54. The van der Waals surface area contributed by atoms with Gasteiger partial charge in [-0.05, 0) is 31.0 Å². The number of rotatable bonds is 3. The molecule has 1 aromatic heterocycles. The standard InChI is InChI=1S/C13H16N2O/c1-10-4-5-11(2)13(6-10)16-8-12-7-14-9-15(12)3/h4-7,9H,8H2,1-3H3.